The van der Waals surface area contributed by atoms with Crippen molar-refractivity contribution in [3.05, 3.63) is 12.2 Å². The second kappa shape index (κ2) is 6.28. The van der Waals surface area contributed by atoms with Crippen LogP contribution in [0.1, 0.15) is 53.4 Å². The van der Waals surface area contributed by atoms with E-state index >= 15 is 0 Å². The van der Waals surface area contributed by atoms with Gasteiger partial charge in [0.15, 0.2) is 0 Å². The van der Waals surface area contributed by atoms with Crippen molar-refractivity contribution in [1.29, 1.82) is 0 Å². The van der Waals surface area contributed by atoms with Crippen LogP contribution in [0.25, 0.3) is 0 Å². The van der Waals surface area contributed by atoms with Crippen molar-refractivity contribution in [2.24, 2.45) is 11.8 Å². The van der Waals surface area contributed by atoms with E-state index in [1.807, 2.05) is 0 Å². The summed E-state index contributed by atoms with van der Waals surface area (Å²) in [4.78, 5) is 0. The van der Waals surface area contributed by atoms with Crippen LogP contribution in [0.3, 0.4) is 0 Å². The van der Waals surface area contributed by atoms with Crippen LogP contribution in [-0.2, 0) is 0 Å². The van der Waals surface area contributed by atoms with E-state index in [4.69, 9.17) is 0 Å². The number of hydrogen-bond donors (Lipinski definition) is 0. The predicted molar refractivity (Wildman–Crippen MR) is 57.3 cm³/mol. The fourth-order valence-corrected chi connectivity index (χ4v) is 1.75. The van der Waals surface area contributed by atoms with Crippen molar-refractivity contribution in [3.8, 4) is 0 Å². The quantitative estimate of drug-likeness (QED) is 0.515. The van der Waals surface area contributed by atoms with Crippen molar-refractivity contribution >= 4 is 0 Å². The molecule has 0 heteroatoms. The van der Waals surface area contributed by atoms with Crippen LogP contribution in [-0.4, -0.2) is 0 Å². The molecule has 0 saturated heterocycles. The van der Waals surface area contributed by atoms with Crippen molar-refractivity contribution in [2.75, 3.05) is 0 Å². The summed E-state index contributed by atoms with van der Waals surface area (Å²) >= 11 is 0. The molecule has 72 valence electrons. The summed E-state index contributed by atoms with van der Waals surface area (Å²) in [6.07, 6.45) is 5.08. The van der Waals surface area contributed by atoms with Crippen LogP contribution in [0.4, 0.5) is 0 Å². The average molecular weight is 168 g/mol. The van der Waals surface area contributed by atoms with Crippen LogP contribution in [0.15, 0.2) is 12.2 Å². The topological polar surface area (TPSA) is 0 Å². The van der Waals surface area contributed by atoms with Crippen LogP contribution < -0.4 is 0 Å². The first-order chi connectivity index (χ1) is 5.56. The van der Waals surface area contributed by atoms with Gasteiger partial charge in [0.25, 0.3) is 0 Å². The Morgan fingerprint density at radius 3 is 2.17 bits per heavy atom. The first kappa shape index (κ1) is 11.7. The molecular weight excluding hydrogens is 144 g/mol. The van der Waals surface area contributed by atoms with Crippen LogP contribution >= 0.6 is 0 Å². The SMILES string of the molecule is C=C(CC(C)C)CC(C)CCC. The lowest BCUT2D eigenvalue weighted by Gasteiger charge is -2.13. The highest BCUT2D eigenvalue weighted by Crippen LogP contribution is 2.20. The molecule has 0 amide bonds. The van der Waals surface area contributed by atoms with Gasteiger partial charge in [0.1, 0.15) is 0 Å². The van der Waals surface area contributed by atoms with E-state index in [2.05, 4.69) is 34.3 Å². The fourth-order valence-electron chi connectivity index (χ4n) is 1.75. The molecule has 0 aliphatic rings. The molecule has 1 unspecified atom stereocenters. The zero-order valence-corrected chi connectivity index (χ0v) is 9.19. The second-order valence-electron chi connectivity index (χ2n) is 4.45. The molecule has 0 radical (unpaired) electrons. The highest BCUT2D eigenvalue weighted by atomic mass is 14.1. The van der Waals surface area contributed by atoms with Gasteiger partial charge in [0.2, 0.25) is 0 Å². The van der Waals surface area contributed by atoms with E-state index in [1.165, 1.54) is 31.3 Å². The lowest BCUT2D eigenvalue weighted by molar-refractivity contribution is 0.499. The number of allylic oxidation sites excluding steroid dienone is 1. The summed E-state index contributed by atoms with van der Waals surface area (Å²) < 4.78 is 0. The summed E-state index contributed by atoms with van der Waals surface area (Å²) in [7, 11) is 0. The maximum absolute atomic E-state index is 4.12. The average Bonchev–Trinajstić information content (AvgIpc) is 1.84. The van der Waals surface area contributed by atoms with Crippen molar-refractivity contribution in [1.82, 2.24) is 0 Å². The minimum atomic E-state index is 0.770. The monoisotopic (exact) mass is 168 g/mol. The molecule has 0 saturated carbocycles. The maximum atomic E-state index is 4.12. The van der Waals surface area contributed by atoms with Crippen LogP contribution in [0.2, 0.25) is 0 Å². The molecule has 0 nitrogen and oxygen atoms in total. The van der Waals surface area contributed by atoms with E-state index in [0.717, 1.165) is 11.8 Å². The summed E-state index contributed by atoms with van der Waals surface area (Å²) in [5.41, 5.74) is 1.44. The van der Waals surface area contributed by atoms with Crippen molar-refractivity contribution in [2.45, 2.75) is 53.4 Å². The number of rotatable bonds is 6. The minimum Gasteiger partial charge on any atom is -0.0998 e. The first-order valence-corrected chi connectivity index (χ1v) is 5.22. The fraction of sp³-hybridized carbons (Fsp3) is 0.833. The lowest BCUT2D eigenvalue weighted by atomic mass is 9.93. The predicted octanol–water partition coefficient (Wildman–Crippen LogP) is 4.42. The van der Waals surface area contributed by atoms with Crippen LogP contribution in [0, 0.1) is 11.8 Å². The Morgan fingerprint density at radius 1 is 1.17 bits per heavy atom. The van der Waals surface area contributed by atoms with Gasteiger partial charge in [-0.15, -0.1) is 0 Å². The molecule has 0 N–H and O–H groups in total. The van der Waals surface area contributed by atoms with Gasteiger partial charge in [-0.3, -0.25) is 0 Å². The van der Waals surface area contributed by atoms with Gasteiger partial charge in [0, 0.05) is 0 Å². The van der Waals surface area contributed by atoms with Crippen LogP contribution in [0.5, 0.6) is 0 Å². The van der Waals surface area contributed by atoms with Gasteiger partial charge in [-0.2, -0.15) is 0 Å². The largest absolute Gasteiger partial charge is 0.0998 e. The Morgan fingerprint density at radius 2 is 1.75 bits per heavy atom. The summed E-state index contributed by atoms with van der Waals surface area (Å²) in [6, 6.07) is 0. The summed E-state index contributed by atoms with van der Waals surface area (Å²) in [6.45, 7) is 13.2. The third-order valence-corrected chi connectivity index (χ3v) is 2.12. The molecule has 0 spiro atoms. The molecular formula is C12H24. The molecule has 0 rings (SSSR count). The summed E-state index contributed by atoms with van der Waals surface area (Å²) in [5, 5.41) is 0. The molecule has 0 aromatic carbocycles. The van der Waals surface area contributed by atoms with Gasteiger partial charge in [-0.25, -0.2) is 0 Å². The zero-order valence-electron chi connectivity index (χ0n) is 9.19. The second-order valence-corrected chi connectivity index (χ2v) is 4.45. The van der Waals surface area contributed by atoms with E-state index in [1.54, 1.807) is 0 Å². The molecule has 0 bridgehead atoms. The molecule has 0 heterocycles. The van der Waals surface area contributed by atoms with E-state index < -0.39 is 0 Å². The molecule has 12 heavy (non-hydrogen) atoms. The van der Waals surface area contributed by atoms with Gasteiger partial charge in [0.05, 0.1) is 0 Å². The Labute approximate surface area is 78.1 Å². The van der Waals surface area contributed by atoms with E-state index in [-0.39, 0.29) is 0 Å². The van der Waals surface area contributed by atoms with Gasteiger partial charge >= 0.3 is 0 Å². The molecule has 0 aliphatic heterocycles. The smallest absolute Gasteiger partial charge is 0.0297 e. The van der Waals surface area contributed by atoms with E-state index in [0.29, 0.717) is 0 Å². The van der Waals surface area contributed by atoms with Crippen molar-refractivity contribution < 1.29 is 0 Å². The molecule has 0 aromatic heterocycles. The van der Waals surface area contributed by atoms with Crippen molar-refractivity contribution in [3.63, 3.8) is 0 Å². The van der Waals surface area contributed by atoms with E-state index in [9.17, 15) is 0 Å². The molecule has 1 atom stereocenters. The summed E-state index contributed by atoms with van der Waals surface area (Å²) in [5.74, 6) is 1.60. The molecule has 0 aliphatic carbocycles. The minimum absolute atomic E-state index is 0.770. The van der Waals surface area contributed by atoms with Gasteiger partial charge < -0.3 is 0 Å². The lowest BCUT2D eigenvalue weighted by Crippen LogP contribution is -1.98. The normalized spacial score (nSPS) is 13.4. The standard InChI is InChI=1S/C12H24/c1-6-7-11(4)9-12(5)8-10(2)3/h10-11H,5-9H2,1-4H3. The molecule has 0 fully saturated rings. The Bertz CT molecular complexity index is 122. The highest BCUT2D eigenvalue weighted by molar-refractivity contribution is 4.95. The molecule has 0 aromatic rings. The van der Waals surface area contributed by atoms with Gasteiger partial charge in [-0.05, 0) is 24.7 Å². The third kappa shape index (κ3) is 6.45. The Kier molecular flexibility index (Phi) is 6.14. The Hall–Kier alpha value is -0.260. The third-order valence-electron chi connectivity index (χ3n) is 2.12. The zero-order chi connectivity index (χ0) is 9.56. The Balaban J connectivity index is 3.54. The van der Waals surface area contributed by atoms with Gasteiger partial charge in [-0.1, -0.05) is 52.7 Å². The number of hydrogen-bond acceptors (Lipinski definition) is 0. The first-order valence-electron chi connectivity index (χ1n) is 5.22. The maximum Gasteiger partial charge on any atom is -0.0297 e. The highest BCUT2D eigenvalue weighted by Gasteiger charge is 2.04.